The van der Waals surface area contributed by atoms with Crippen molar-refractivity contribution in [3.05, 3.63) is 53.1 Å². The molecule has 3 aromatic rings. The van der Waals surface area contributed by atoms with Gasteiger partial charge in [0.25, 0.3) is 0 Å². The topological polar surface area (TPSA) is 65.0 Å². The van der Waals surface area contributed by atoms with Crippen LogP contribution in [0.25, 0.3) is 22.4 Å². The third kappa shape index (κ3) is 2.68. The Bertz CT molecular complexity index is 819. The monoisotopic (exact) mass is 299 g/mol. The van der Waals surface area contributed by atoms with Crippen molar-refractivity contribution in [1.29, 1.82) is 0 Å². The molecule has 0 fully saturated rings. The molecule has 0 atom stereocenters. The minimum atomic E-state index is -0.413. The smallest absolute Gasteiger partial charge is 0.337 e. The van der Waals surface area contributed by atoms with E-state index in [1.165, 1.54) is 7.11 Å². The zero-order valence-electron chi connectivity index (χ0n) is 11.1. The number of nitrogens with zero attached hydrogens (tertiary/aromatic N) is 3. The molecule has 0 bridgehead atoms. The summed E-state index contributed by atoms with van der Waals surface area (Å²) in [5.41, 5.74) is 2.42. The lowest BCUT2D eigenvalue weighted by Gasteiger charge is -2.03. The second-order valence-corrected chi connectivity index (χ2v) is 4.77. The largest absolute Gasteiger partial charge is 0.465 e. The van der Waals surface area contributed by atoms with Gasteiger partial charge in [0, 0.05) is 10.6 Å². The van der Waals surface area contributed by atoms with E-state index in [2.05, 4.69) is 15.2 Å². The lowest BCUT2D eigenvalue weighted by molar-refractivity contribution is 0.0601. The zero-order chi connectivity index (χ0) is 14.8. The second kappa shape index (κ2) is 5.46. The van der Waals surface area contributed by atoms with Crippen LogP contribution in [0, 0.1) is 0 Å². The Morgan fingerprint density at radius 2 is 1.81 bits per heavy atom. The molecule has 1 aromatic heterocycles. The van der Waals surface area contributed by atoms with E-state index >= 15 is 0 Å². The quantitative estimate of drug-likeness (QED) is 0.680. The molecule has 104 valence electrons. The number of methoxy groups -OCH3 is 1. The third-order valence-electron chi connectivity index (χ3n) is 2.98. The van der Waals surface area contributed by atoms with Crippen LogP contribution in [-0.2, 0) is 4.74 Å². The van der Waals surface area contributed by atoms with Gasteiger partial charge in [-0.3, -0.25) is 0 Å². The van der Waals surface area contributed by atoms with E-state index in [9.17, 15) is 4.79 Å². The Hall–Kier alpha value is -2.53. The lowest BCUT2D eigenvalue weighted by Crippen LogP contribution is -2.02. The van der Waals surface area contributed by atoms with Gasteiger partial charge in [-0.05, 0) is 42.5 Å². The van der Waals surface area contributed by atoms with E-state index in [1.807, 2.05) is 12.1 Å². The van der Waals surface area contributed by atoms with E-state index in [0.717, 1.165) is 5.56 Å². The normalized spacial score (nSPS) is 10.6. The number of ether oxygens (including phenoxy) is 1. The van der Waals surface area contributed by atoms with Gasteiger partial charge in [0.1, 0.15) is 5.52 Å². The van der Waals surface area contributed by atoms with E-state index < -0.39 is 5.97 Å². The molecule has 0 radical (unpaired) electrons. The number of carbonyl (C=O) groups excluding carboxylic acids is 1. The van der Waals surface area contributed by atoms with E-state index in [0.29, 0.717) is 27.4 Å². The highest BCUT2D eigenvalue weighted by Crippen LogP contribution is 2.20. The predicted octanol–water partition coefficient (Wildman–Crippen LogP) is 3.13. The van der Waals surface area contributed by atoms with Crippen LogP contribution in [0.1, 0.15) is 10.4 Å². The zero-order valence-corrected chi connectivity index (χ0v) is 11.8. The highest BCUT2D eigenvalue weighted by atomic mass is 35.5. The molecule has 0 amide bonds. The van der Waals surface area contributed by atoms with Crippen molar-refractivity contribution in [2.24, 2.45) is 0 Å². The fourth-order valence-electron chi connectivity index (χ4n) is 1.90. The van der Waals surface area contributed by atoms with Crippen molar-refractivity contribution in [1.82, 2.24) is 15.2 Å². The number of hydrogen-bond acceptors (Lipinski definition) is 5. The Kier molecular flexibility index (Phi) is 3.50. The number of aromatic nitrogens is 3. The molecule has 2 aromatic carbocycles. The Morgan fingerprint density at radius 3 is 2.52 bits per heavy atom. The highest BCUT2D eigenvalue weighted by Gasteiger charge is 2.09. The van der Waals surface area contributed by atoms with Gasteiger partial charge in [-0.25, -0.2) is 9.78 Å². The minimum Gasteiger partial charge on any atom is -0.465 e. The maximum Gasteiger partial charge on any atom is 0.337 e. The van der Waals surface area contributed by atoms with Crippen molar-refractivity contribution >= 4 is 28.6 Å². The standard InChI is InChI=1S/C15H10ClN3O2/c1-21-15(20)10-4-7-12-13(8-10)17-14(19-18-12)9-2-5-11(16)6-3-9/h2-8H,1H3. The van der Waals surface area contributed by atoms with Crippen LogP contribution in [-0.4, -0.2) is 28.3 Å². The first-order valence-corrected chi connectivity index (χ1v) is 6.54. The first kappa shape index (κ1) is 13.5. The number of rotatable bonds is 2. The molecule has 0 aliphatic heterocycles. The fraction of sp³-hybridized carbons (Fsp3) is 0.0667. The summed E-state index contributed by atoms with van der Waals surface area (Å²) in [7, 11) is 1.34. The van der Waals surface area contributed by atoms with Crippen molar-refractivity contribution in [3.8, 4) is 11.4 Å². The maximum atomic E-state index is 11.5. The number of benzene rings is 2. The lowest BCUT2D eigenvalue weighted by atomic mass is 10.2. The first-order chi connectivity index (χ1) is 10.2. The summed E-state index contributed by atoms with van der Waals surface area (Å²) in [6.07, 6.45) is 0. The average molecular weight is 300 g/mol. The van der Waals surface area contributed by atoms with Crippen LogP contribution in [0.15, 0.2) is 42.5 Å². The summed E-state index contributed by atoms with van der Waals surface area (Å²) < 4.78 is 4.70. The number of halogens is 1. The summed E-state index contributed by atoms with van der Waals surface area (Å²) in [5.74, 6) is 0.0599. The van der Waals surface area contributed by atoms with Crippen molar-refractivity contribution in [3.63, 3.8) is 0 Å². The van der Waals surface area contributed by atoms with Gasteiger partial charge >= 0.3 is 5.97 Å². The van der Waals surface area contributed by atoms with E-state index in [-0.39, 0.29) is 0 Å². The van der Waals surface area contributed by atoms with Gasteiger partial charge in [0.2, 0.25) is 0 Å². The van der Waals surface area contributed by atoms with Crippen molar-refractivity contribution in [2.75, 3.05) is 7.11 Å². The summed E-state index contributed by atoms with van der Waals surface area (Å²) in [5, 5.41) is 8.83. The van der Waals surface area contributed by atoms with Crippen LogP contribution in [0.5, 0.6) is 0 Å². The molecule has 0 saturated heterocycles. The van der Waals surface area contributed by atoms with Crippen LogP contribution in [0.4, 0.5) is 0 Å². The van der Waals surface area contributed by atoms with Crippen molar-refractivity contribution in [2.45, 2.75) is 0 Å². The third-order valence-corrected chi connectivity index (χ3v) is 3.23. The average Bonchev–Trinajstić information content (AvgIpc) is 2.53. The fourth-order valence-corrected chi connectivity index (χ4v) is 2.03. The number of esters is 1. The molecule has 0 aliphatic carbocycles. The number of hydrogen-bond donors (Lipinski definition) is 0. The van der Waals surface area contributed by atoms with Crippen LogP contribution in [0.3, 0.4) is 0 Å². The van der Waals surface area contributed by atoms with Gasteiger partial charge in [0.15, 0.2) is 5.82 Å². The maximum absolute atomic E-state index is 11.5. The van der Waals surface area contributed by atoms with Gasteiger partial charge in [-0.2, -0.15) is 0 Å². The molecule has 1 heterocycles. The Morgan fingerprint density at radius 1 is 1.05 bits per heavy atom. The first-order valence-electron chi connectivity index (χ1n) is 6.16. The van der Waals surface area contributed by atoms with Crippen LogP contribution >= 0.6 is 11.6 Å². The van der Waals surface area contributed by atoms with Crippen molar-refractivity contribution < 1.29 is 9.53 Å². The minimum absolute atomic E-state index is 0.413. The summed E-state index contributed by atoms with van der Waals surface area (Å²) in [6, 6.07) is 12.1. The molecule has 0 unspecified atom stereocenters. The molecular weight excluding hydrogens is 290 g/mol. The molecule has 0 saturated carbocycles. The van der Waals surface area contributed by atoms with Gasteiger partial charge in [-0.1, -0.05) is 11.6 Å². The van der Waals surface area contributed by atoms with E-state index in [4.69, 9.17) is 16.3 Å². The number of carbonyl (C=O) groups is 1. The van der Waals surface area contributed by atoms with Gasteiger partial charge in [0.05, 0.1) is 18.2 Å². The molecule has 3 rings (SSSR count). The molecule has 5 nitrogen and oxygen atoms in total. The van der Waals surface area contributed by atoms with Crippen LogP contribution < -0.4 is 0 Å². The summed E-state index contributed by atoms with van der Waals surface area (Å²) >= 11 is 5.86. The van der Waals surface area contributed by atoms with Gasteiger partial charge < -0.3 is 4.74 Å². The molecule has 0 aliphatic rings. The Labute approximate surface area is 125 Å². The molecule has 0 N–H and O–H groups in total. The summed E-state index contributed by atoms with van der Waals surface area (Å²) in [6.45, 7) is 0. The second-order valence-electron chi connectivity index (χ2n) is 4.34. The van der Waals surface area contributed by atoms with E-state index in [1.54, 1.807) is 30.3 Å². The SMILES string of the molecule is COC(=O)c1ccc2nnc(-c3ccc(Cl)cc3)nc2c1. The number of fused-ring (bicyclic) bond motifs is 1. The predicted molar refractivity (Wildman–Crippen MR) is 79.1 cm³/mol. The molecule has 21 heavy (non-hydrogen) atoms. The molecular formula is C15H10ClN3O2. The summed E-state index contributed by atoms with van der Waals surface area (Å²) in [4.78, 5) is 16.0. The molecule has 0 spiro atoms. The highest BCUT2D eigenvalue weighted by molar-refractivity contribution is 6.30. The molecule has 6 heteroatoms. The Balaban J connectivity index is 2.09. The van der Waals surface area contributed by atoms with Gasteiger partial charge in [-0.15, -0.1) is 10.2 Å². The van der Waals surface area contributed by atoms with Crippen LogP contribution in [0.2, 0.25) is 5.02 Å².